The van der Waals surface area contributed by atoms with Gasteiger partial charge in [-0.3, -0.25) is 9.59 Å². The number of carbonyl (C=O) groups is 2. The van der Waals surface area contributed by atoms with Crippen LogP contribution in [0.5, 0.6) is 0 Å². The molecule has 0 radical (unpaired) electrons. The van der Waals surface area contributed by atoms with Gasteiger partial charge >= 0.3 is 0 Å². The van der Waals surface area contributed by atoms with Crippen molar-refractivity contribution in [1.29, 1.82) is 0 Å². The van der Waals surface area contributed by atoms with Gasteiger partial charge in [-0.05, 0) is 50.3 Å². The molecule has 1 N–H and O–H groups in total. The van der Waals surface area contributed by atoms with Crippen molar-refractivity contribution in [2.24, 2.45) is 0 Å². The molecule has 32 heavy (non-hydrogen) atoms. The van der Waals surface area contributed by atoms with Gasteiger partial charge in [0.1, 0.15) is 5.54 Å². The van der Waals surface area contributed by atoms with Crippen LogP contribution in [0.15, 0.2) is 54.6 Å². The molecular formula is C26H30N4O2. The van der Waals surface area contributed by atoms with Gasteiger partial charge < -0.3 is 14.8 Å². The van der Waals surface area contributed by atoms with Crippen LogP contribution in [0, 0.1) is 0 Å². The topological polar surface area (TPSA) is 67.2 Å². The second kappa shape index (κ2) is 8.41. The van der Waals surface area contributed by atoms with Crippen molar-refractivity contribution < 1.29 is 9.59 Å². The Labute approximate surface area is 188 Å². The Hall–Kier alpha value is -3.15. The predicted octanol–water partition coefficient (Wildman–Crippen LogP) is 3.94. The van der Waals surface area contributed by atoms with Crippen LogP contribution in [0.1, 0.15) is 55.2 Å². The summed E-state index contributed by atoms with van der Waals surface area (Å²) < 4.78 is 1.93. The van der Waals surface area contributed by atoms with E-state index in [2.05, 4.69) is 22.4 Å². The summed E-state index contributed by atoms with van der Waals surface area (Å²) in [5.74, 6) is 0.211. The molecule has 1 atom stereocenters. The molecule has 1 aromatic heterocycles. The van der Waals surface area contributed by atoms with E-state index in [9.17, 15) is 9.59 Å². The minimum absolute atomic E-state index is 0.0547. The van der Waals surface area contributed by atoms with E-state index in [0.717, 1.165) is 49.6 Å². The Morgan fingerprint density at radius 2 is 1.81 bits per heavy atom. The van der Waals surface area contributed by atoms with Crippen molar-refractivity contribution in [1.82, 2.24) is 19.8 Å². The fourth-order valence-corrected chi connectivity index (χ4v) is 5.18. The van der Waals surface area contributed by atoms with Crippen molar-refractivity contribution in [2.45, 2.75) is 63.6 Å². The second-order valence-electron chi connectivity index (χ2n) is 9.28. The van der Waals surface area contributed by atoms with Gasteiger partial charge in [0.05, 0.1) is 17.6 Å². The van der Waals surface area contributed by atoms with Gasteiger partial charge in [-0.25, -0.2) is 4.98 Å². The van der Waals surface area contributed by atoms with Gasteiger partial charge in [-0.1, -0.05) is 55.3 Å². The van der Waals surface area contributed by atoms with Gasteiger partial charge in [0.2, 0.25) is 5.91 Å². The zero-order valence-corrected chi connectivity index (χ0v) is 18.6. The number of aromatic nitrogens is 2. The number of aryl methyl sites for hydroxylation is 1. The lowest BCUT2D eigenvalue weighted by atomic mass is 9.94. The lowest BCUT2D eigenvalue weighted by molar-refractivity contribution is -0.133. The second-order valence-corrected chi connectivity index (χ2v) is 9.28. The van der Waals surface area contributed by atoms with Crippen molar-refractivity contribution in [3.63, 3.8) is 0 Å². The van der Waals surface area contributed by atoms with E-state index < -0.39 is 5.54 Å². The van der Waals surface area contributed by atoms with E-state index in [1.807, 2.05) is 54.0 Å². The van der Waals surface area contributed by atoms with E-state index in [1.165, 1.54) is 5.56 Å². The van der Waals surface area contributed by atoms with Crippen LogP contribution >= 0.6 is 0 Å². The number of hydrogen-bond acceptors (Lipinski definition) is 3. The first-order valence-corrected chi connectivity index (χ1v) is 11.7. The summed E-state index contributed by atoms with van der Waals surface area (Å²) in [7, 11) is 0. The maximum Gasteiger partial charge on any atom is 0.290 e. The molecule has 6 heteroatoms. The third-order valence-electron chi connectivity index (χ3n) is 7.02. The van der Waals surface area contributed by atoms with Crippen LogP contribution in [0.4, 0.5) is 0 Å². The average molecular weight is 431 g/mol. The van der Waals surface area contributed by atoms with Crippen molar-refractivity contribution in [2.75, 3.05) is 6.54 Å². The molecular weight excluding hydrogens is 400 g/mol. The van der Waals surface area contributed by atoms with Gasteiger partial charge in [0.25, 0.3) is 5.91 Å². The number of carbonyl (C=O) groups excluding carboxylic acids is 2. The number of nitrogens with one attached hydrogen (secondary N) is 1. The molecule has 1 unspecified atom stereocenters. The lowest BCUT2D eigenvalue weighted by Crippen LogP contribution is -2.65. The summed E-state index contributed by atoms with van der Waals surface area (Å²) in [6, 6.07) is 18.2. The molecule has 1 aliphatic carbocycles. The molecule has 2 aromatic carbocycles. The summed E-state index contributed by atoms with van der Waals surface area (Å²) in [6.45, 7) is 2.85. The Bertz CT molecular complexity index is 1130. The molecule has 2 heterocycles. The van der Waals surface area contributed by atoms with E-state index in [4.69, 9.17) is 0 Å². The van der Waals surface area contributed by atoms with E-state index in [-0.39, 0.29) is 17.9 Å². The molecule has 1 fully saturated rings. The van der Waals surface area contributed by atoms with Gasteiger partial charge in [0, 0.05) is 12.6 Å². The summed E-state index contributed by atoms with van der Waals surface area (Å²) >= 11 is 0. The number of rotatable bonds is 6. The van der Waals surface area contributed by atoms with Gasteiger partial charge in [0.15, 0.2) is 5.82 Å². The summed E-state index contributed by atoms with van der Waals surface area (Å²) in [5, 5.41) is 3.25. The van der Waals surface area contributed by atoms with Gasteiger partial charge in [-0.15, -0.1) is 0 Å². The van der Waals surface area contributed by atoms with E-state index in [1.54, 1.807) is 4.90 Å². The smallest absolute Gasteiger partial charge is 0.290 e. The molecule has 6 nitrogen and oxygen atoms in total. The van der Waals surface area contributed by atoms with E-state index in [0.29, 0.717) is 18.9 Å². The van der Waals surface area contributed by atoms with E-state index >= 15 is 0 Å². The highest BCUT2D eigenvalue weighted by atomic mass is 16.2. The molecule has 3 aromatic rings. The number of fused-ring (bicyclic) bond motifs is 3. The van der Waals surface area contributed by atoms with Crippen LogP contribution in [-0.2, 0) is 17.8 Å². The number of para-hydroxylation sites is 2. The molecule has 0 spiro atoms. The first-order chi connectivity index (χ1) is 15.6. The first-order valence-electron chi connectivity index (χ1n) is 11.7. The maximum absolute atomic E-state index is 13.6. The standard InChI is InChI=1S/C26H30N4O2/c1-26(25(32)27-20-13-5-6-14-20)18-29-22-16-8-7-15-21(22)28-23(29)24(31)30(26)17-9-12-19-10-3-2-4-11-19/h2-4,7-8,10-11,15-16,20H,5-6,9,12-14,17-18H2,1H3,(H,27,32). The van der Waals surface area contributed by atoms with Crippen LogP contribution < -0.4 is 5.32 Å². The Balaban J connectivity index is 1.45. The van der Waals surface area contributed by atoms with Crippen LogP contribution in [0.25, 0.3) is 11.0 Å². The molecule has 1 aliphatic heterocycles. The van der Waals surface area contributed by atoms with Gasteiger partial charge in [-0.2, -0.15) is 0 Å². The van der Waals surface area contributed by atoms with Crippen molar-refractivity contribution in [3.8, 4) is 0 Å². The number of benzene rings is 2. The molecule has 2 amide bonds. The fourth-order valence-electron chi connectivity index (χ4n) is 5.18. The summed E-state index contributed by atoms with van der Waals surface area (Å²) in [4.78, 5) is 33.6. The Kier molecular flexibility index (Phi) is 5.45. The zero-order chi connectivity index (χ0) is 22.1. The SMILES string of the molecule is CC1(C(=O)NC2CCCC2)Cn2c(nc3ccccc32)C(=O)N1CCCc1ccccc1. The third kappa shape index (κ3) is 3.68. The largest absolute Gasteiger partial charge is 0.351 e. The average Bonchev–Trinajstić information content (AvgIpc) is 3.45. The Morgan fingerprint density at radius 3 is 2.59 bits per heavy atom. The monoisotopic (exact) mass is 430 g/mol. The molecule has 0 saturated heterocycles. The molecule has 2 aliphatic rings. The number of amides is 2. The fraction of sp³-hybridized carbons (Fsp3) is 0.423. The minimum Gasteiger partial charge on any atom is -0.351 e. The number of nitrogens with zero attached hydrogens (tertiary/aromatic N) is 3. The zero-order valence-electron chi connectivity index (χ0n) is 18.6. The van der Waals surface area contributed by atoms with Crippen LogP contribution in [-0.4, -0.2) is 44.4 Å². The highest BCUT2D eigenvalue weighted by molar-refractivity contribution is 6.01. The maximum atomic E-state index is 13.6. The highest BCUT2D eigenvalue weighted by Crippen LogP contribution is 2.31. The normalized spacial score (nSPS) is 21.2. The van der Waals surface area contributed by atoms with Crippen molar-refractivity contribution in [3.05, 3.63) is 66.0 Å². The summed E-state index contributed by atoms with van der Waals surface area (Å²) in [6.07, 6.45) is 5.99. The molecule has 0 bridgehead atoms. The van der Waals surface area contributed by atoms with Crippen LogP contribution in [0.2, 0.25) is 0 Å². The summed E-state index contributed by atoms with van der Waals surface area (Å²) in [5.41, 5.74) is 1.98. The predicted molar refractivity (Wildman–Crippen MR) is 124 cm³/mol. The molecule has 166 valence electrons. The van der Waals surface area contributed by atoms with Crippen molar-refractivity contribution >= 4 is 22.8 Å². The quantitative estimate of drug-likeness (QED) is 0.644. The molecule has 5 rings (SSSR count). The Morgan fingerprint density at radius 1 is 1.09 bits per heavy atom. The lowest BCUT2D eigenvalue weighted by Gasteiger charge is -2.44. The first kappa shape index (κ1) is 20.7. The highest BCUT2D eigenvalue weighted by Gasteiger charge is 2.48. The number of hydrogen-bond donors (Lipinski definition) is 1. The van der Waals surface area contributed by atoms with Crippen LogP contribution in [0.3, 0.4) is 0 Å². The number of imidazole rings is 1. The minimum atomic E-state index is -0.952. The molecule has 1 saturated carbocycles. The third-order valence-corrected chi connectivity index (χ3v) is 7.02.